The summed E-state index contributed by atoms with van der Waals surface area (Å²) < 4.78 is 11.4. The van der Waals surface area contributed by atoms with E-state index >= 15 is 0 Å². The predicted molar refractivity (Wildman–Crippen MR) is 114 cm³/mol. The van der Waals surface area contributed by atoms with Crippen LogP contribution in [0.2, 0.25) is 0 Å². The summed E-state index contributed by atoms with van der Waals surface area (Å²) in [7, 11) is 2.13. The predicted octanol–water partition coefficient (Wildman–Crippen LogP) is 3.61. The number of nitrogens with two attached hydrogens (primary N) is 1. The highest BCUT2D eigenvalue weighted by Crippen LogP contribution is 2.32. The van der Waals surface area contributed by atoms with Crippen molar-refractivity contribution >= 4 is 11.6 Å². The first-order valence-corrected chi connectivity index (χ1v) is 9.76. The Kier molecular flexibility index (Phi) is 6.76. The summed E-state index contributed by atoms with van der Waals surface area (Å²) >= 11 is 0. The van der Waals surface area contributed by atoms with Crippen LogP contribution in [-0.4, -0.2) is 37.2 Å². The Labute approximate surface area is 167 Å². The first kappa shape index (κ1) is 20.0. The second kappa shape index (κ2) is 9.46. The number of benzene rings is 2. The molecular weight excluding hydrogens is 352 g/mol. The van der Waals surface area contributed by atoms with Crippen molar-refractivity contribution in [3.8, 4) is 11.5 Å². The van der Waals surface area contributed by atoms with E-state index in [2.05, 4.69) is 54.3 Å². The molecule has 2 aromatic carbocycles. The third kappa shape index (κ3) is 5.39. The molecule has 6 heteroatoms. The number of hydrogen-bond donors (Lipinski definition) is 2. The average molecular weight is 383 g/mol. The molecule has 0 radical (unpaired) electrons. The van der Waals surface area contributed by atoms with Crippen LogP contribution in [0.4, 0.5) is 5.69 Å². The minimum atomic E-state index is 0.376. The van der Waals surface area contributed by atoms with Crippen molar-refractivity contribution in [2.24, 2.45) is 10.7 Å². The maximum Gasteiger partial charge on any atom is 0.193 e. The van der Waals surface area contributed by atoms with Crippen LogP contribution in [0.5, 0.6) is 11.5 Å². The fourth-order valence-electron chi connectivity index (χ4n) is 2.92. The number of nitrogens with zero attached hydrogens (tertiary/aromatic N) is 2. The molecular formula is C22H30N4O2. The van der Waals surface area contributed by atoms with Gasteiger partial charge in [-0.15, -0.1) is 0 Å². The third-order valence-electron chi connectivity index (χ3n) is 4.86. The molecule has 28 heavy (non-hydrogen) atoms. The topological polar surface area (TPSA) is 72.1 Å². The first-order valence-electron chi connectivity index (χ1n) is 9.76. The fraction of sp³-hybridized carbons (Fsp3) is 0.409. The molecule has 1 heterocycles. The number of guanidine groups is 1. The maximum atomic E-state index is 6.12. The number of aliphatic imine (C=N–C) groups is 1. The van der Waals surface area contributed by atoms with E-state index in [9.17, 15) is 0 Å². The van der Waals surface area contributed by atoms with Crippen molar-refractivity contribution in [2.75, 3.05) is 25.6 Å². The number of rotatable bonds is 6. The van der Waals surface area contributed by atoms with Crippen molar-refractivity contribution in [3.63, 3.8) is 0 Å². The molecule has 3 rings (SSSR count). The van der Waals surface area contributed by atoms with E-state index in [1.54, 1.807) is 0 Å². The second-order valence-electron chi connectivity index (χ2n) is 7.32. The molecule has 0 amide bonds. The number of hydrogen-bond acceptors (Lipinski definition) is 4. The molecule has 6 nitrogen and oxygen atoms in total. The van der Waals surface area contributed by atoms with Crippen LogP contribution in [0.25, 0.3) is 0 Å². The van der Waals surface area contributed by atoms with Gasteiger partial charge >= 0.3 is 0 Å². The van der Waals surface area contributed by atoms with Crippen molar-refractivity contribution < 1.29 is 9.47 Å². The quantitative estimate of drug-likeness (QED) is 0.590. The zero-order chi connectivity index (χ0) is 19.9. The van der Waals surface area contributed by atoms with Crippen molar-refractivity contribution in [3.05, 3.63) is 53.6 Å². The Balaban J connectivity index is 1.66. The molecule has 3 N–H and O–H groups in total. The van der Waals surface area contributed by atoms with Gasteiger partial charge in [0.15, 0.2) is 17.5 Å². The highest BCUT2D eigenvalue weighted by molar-refractivity contribution is 5.92. The molecule has 0 saturated heterocycles. The molecule has 0 aromatic heterocycles. The van der Waals surface area contributed by atoms with Gasteiger partial charge in [-0.05, 0) is 44.2 Å². The lowest BCUT2D eigenvalue weighted by atomic mass is 10.1. The van der Waals surface area contributed by atoms with Gasteiger partial charge in [0, 0.05) is 30.8 Å². The lowest BCUT2D eigenvalue weighted by Gasteiger charge is -2.22. The van der Waals surface area contributed by atoms with E-state index in [0.29, 0.717) is 31.8 Å². The fourth-order valence-corrected chi connectivity index (χ4v) is 2.92. The molecule has 0 atom stereocenters. The second-order valence-corrected chi connectivity index (χ2v) is 7.32. The largest absolute Gasteiger partial charge is 0.490 e. The van der Waals surface area contributed by atoms with Crippen molar-refractivity contribution in [2.45, 2.75) is 39.4 Å². The summed E-state index contributed by atoms with van der Waals surface area (Å²) in [6.45, 7) is 7.14. The van der Waals surface area contributed by atoms with E-state index in [0.717, 1.165) is 30.2 Å². The average Bonchev–Trinajstić information content (AvgIpc) is 2.92. The molecule has 0 saturated carbocycles. The Morgan fingerprint density at radius 2 is 1.82 bits per heavy atom. The maximum absolute atomic E-state index is 6.12. The van der Waals surface area contributed by atoms with Gasteiger partial charge in [0.05, 0.1) is 19.8 Å². The Morgan fingerprint density at radius 1 is 1.11 bits per heavy atom. The molecule has 1 aliphatic rings. The van der Waals surface area contributed by atoms with Gasteiger partial charge < -0.3 is 20.5 Å². The standard InChI is InChI=1S/C22H30N4O2/c1-16(2)26(3)15-18-8-5-4-7-17(18)14-24-22(23)25-19-9-10-20-21(13-19)28-12-6-11-27-20/h4-5,7-10,13,16H,6,11-12,14-15H2,1-3H3,(H3,23,24,25). The van der Waals surface area contributed by atoms with Gasteiger partial charge in [-0.3, -0.25) is 4.90 Å². The van der Waals surface area contributed by atoms with E-state index in [-0.39, 0.29) is 0 Å². The molecule has 0 unspecified atom stereocenters. The lowest BCUT2D eigenvalue weighted by Crippen LogP contribution is -2.26. The molecule has 0 aliphatic carbocycles. The van der Waals surface area contributed by atoms with Crippen LogP contribution in [0.3, 0.4) is 0 Å². The Bertz CT molecular complexity index is 820. The molecule has 0 fully saturated rings. The number of fused-ring (bicyclic) bond motifs is 1. The number of anilines is 1. The minimum Gasteiger partial charge on any atom is -0.490 e. The molecule has 1 aliphatic heterocycles. The zero-order valence-electron chi connectivity index (χ0n) is 16.9. The Morgan fingerprint density at radius 3 is 2.57 bits per heavy atom. The van der Waals surface area contributed by atoms with Crippen LogP contribution in [-0.2, 0) is 13.1 Å². The van der Waals surface area contributed by atoms with Gasteiger partial charge in [-0.25, -0.2) is 4.99 Å². The van der Waals surface area contributed by atoms with E-state index < -0.39 is 0 Å². The van der Waals surface area contributed by atoms with Crippen molar-refractivity contribution in [1.82, 2.24) is 4.90 Å². The number of ether oxygens (including phenoxy) is 2. The zero-order valence-corrected chi connectivity index (χ0v) is 16.9. The molecule has 150 valence electrons. The van der Waals surface area contributed by atoms with E-state index in [1.807, 2.05) is 24.3 Å². The summed E-state index contributed by atoms with van der Waals surface area (Å²) in [5.41, 5.74) is 9.40. The van der Waals surface area contributed by atoms with Crippen LogP contribution in [0.15, 0.2) is 47.5 Å². The van der Waals surface area contributed by atoms with Gasteiger partial charge in [-0.1, -0.05) is 24.3 Å². The highest BCUT2D eigenvalue weighted by atomic mass is 16.5. The third-order valence-corrected chi connectivity index (χ3v) is 4.86. The molecule has 0 spiro atoms. The van der Waals surface area contributed by atoms with Gasteiger partial charge in [0.1, 0.15) is 0 Å². The monoisotopic (exact) mass is 382 g/mol. The molecule has 2 aromatic rings. The first-order chi connectivity index (χ1) is 13.5. The molecule has 0 bridgehead atoms. The van der Waals surface area contributed by atoms with Gasteiger partial charge in [-0.2, -0.15) is 0 Å². The van der Waals surface area contributed by atoms with Crippen LogP contribution in [0.1, 0.15) is 31.4 Å². The van der Waals surface area contributed by atoms with Crippen LogP contribution in [0, 0.1) is 0 Å². The van der Waals surface area contributed by atoms with E-state index in [4.69, 9.17) is 15.2 Å². The van der Waals surface area contributed by atoms with E-state index in [1.165, 1.54) is 11.1 Å². The summed E-state index contributed by atoms with van der Waals surface area (Å²) in [6.07, 6.45) is 0.881. The van der Waals surface area contributed by atoms with Gasteiger partial charge in [0.25, 0.3) is 0 Å². The minimum absolute atomic E-state index is 0.376. The van der Waals surface area contributed by atoms with Crippen LogP contribution >= 0.6 is 0 Å². The SMILES string of the molecule is CC(C)N(C)Cc1ccccc1CN=C(N)Nc1ccc2c(c1)OCCCO2. The lowest BCUT2D eigenvalue weighted by molar-refractivity contribution is 0.265. The smallest absolute Gasteiger partial charge is 0.193 e. The van der Waals surface area contributed by atoms with Crippen molar-refractivity contribution in [1.29, 1.82) is 0 Å². The normalized spacial score (nSPS) is 14.2. The van der Waals surface area contributed by atoms with Gasteiger partial charge in [0.2, 0.25) is 0 Å². The number of nitrogens with one attached hydrogen (secondary N) is 1. The van der Waals surface area contributed by atoms with Crippen LogP contribution < -0.4 is 20.5 Å². The summed E-state index contributed by atoms with van der Waals surface area (Å²) in [5.74, 6) is 1.88. The summed E-state index contributed by atoms with van der Waals surface area (Å²) in [6, 6.07) is 14.6. The summed E-state index contributed by atoms with van der Waals surface area (Å²) in [4.78, 5) is 6.83. The highest BCUT2D eigenvalue weighted by Gasteiger charge is 2.11. The summed E-state index contributed by atoms with van der Waals surface area (Å²) in [5, 5.41) is 3.14. The Hall–Kier alpha value is -2.73.